The van der Waals surface area contributed by atoms with Gasteiger partial charge >= 0.3 is 0 Å². The topological polar surface area (TPSA) is 77.1 Å². The van der Waals surface area contributed by atoms with Crippen molar-refractivity contribution < 1.29 is 22.6 Å². The van der Waals surface area contributed by atoms with E-state index in [0.717, 1.165) is 13.1 Å². The van der Waals surface area contributed by atoms with Crippen molar-refractivity contribution in [3.8, 4) is 11.5 Å². The summed E-state index contributed by atoms with van der Waals surface area (Å²) in [6, 6.07) is 4.52. The molecule has 0 bridgehead atoms. The second-order valence-electron chi connectivity index (χ2n) is 5.46. The Bertz CT molecular complexity index is 620. The highest BCUT2D eigenvalue weighted by Crippen LogP contribution is 2.29. The van der Waals surface area contributed by atoms with E-state index in [1.165, 1.54) is 26.4 Å². The lowest BCUT2D eigenvalue weighted by atomic mass is 10.2. The average molecular weight is 344 g/mol. The molecule has 1 atom stereocenters. The molecule has 1 saturated heterocycles. The Morgan fingerprint density at radius 2 is 2.04 bits per heavy atom. The van der Waals surface area contributed by atoms with Crippen molar-refractivity contribution in [3.05, 3.63) is 18.2 Å². The molecule has 0 aromatic heterocycles. The predicted molar refractivity (Wildman–Crippen MR) is 86.6 cm³/mol. The van der Waals surface area contributed by atoms with Crippen molar-refractivity contribution in [3.63, 3.8) is 0 Å². The number of rotatable bonds is 7. The van der Waals surface area contributed by atoms with Gasteiger partial charge in [0.25, 0.3) is 0 Å². The van der Waals surface area contributed by atoms with Crippen LogP contribution >= 0.6 is 0 Å². The van der Waals surface area contributed by atoms with Gasteiger partial charge in [-0.3, -0.25) is 0 Å². The van der Waals surface area contributed by atoms with E-state index in [4.69, 9.17) is 14.2 Å². The summed E-state index contributed by atoms with van der Waals surface area (Å²) in [7, 11) is 1.42. The number of hydrogen-bond acceptors (Lipinski definition) is 6. The van der Waals surface area contributed by atoms with Crippen molar-refractivity contribution >= 4 is 10.0 Å². The Balaban J connectivity index is 1.96. The number of nitrogens with zero attached hydrogens (tertiary/aromatic N) is 1. The van der Waals surface area contributed by atoms with Crippen LogP contribution in [0.4, 0.5) is 0 Å². The standard InChI is InChI=1S/C15H24N2O5S/c1-17-8-9-22-12(11-17)6-7-16-23(18,19)13-4-5-14(20-2)15(10-13)21-3/h4-5,10,12,16H,6-9,11H2,1-3H3. The van der Waals surface area contributed by atoms with Gasteiger partial charge in [-0.05, 0) is 25.6 Å². The molecule has 8 heteroatoms. The lowest BCUT2D eigenvalue weighted by Crippen LogP contribution is -2.41. The fourth-order valence-corrected chi connectivity index (χ4v) is 3.53. The molecule has 1 aromatic rings. The molecule has 1 unspecified atom stereocenters. The highest BCUT2D eigenvalue weighted by Gasteiger charge is 2.20. The average Bonchev–Trinajstić information content (AvgIpc) is 2.54. The van der Waals surface area contributed by atoms with Gasteiger partial charge in [0, 0.05) is 25.7 Å². The SMILES string of the molecule is COc1ccc(S(=O)(=O)NCCC2CN(C)CCO2)cc1OC. The minimum atomic E-state index is -3.59. The summed E-state index contributed by atoms with van der Waals surface area (Å²) in [4.78, 5) is 2.33. The first-order valence-electron chi connectivity index (χ1n) is 7.48. The normalized spacial score (nSPS) is 19.5. The zero-order valence-electron chi connectivity index (χ0n) is 13.7. The van der Waals surface area contributed by atoms with E-state index in [-0.39, 0.29) is 11.0 Å². The zero-order valence-corrected chi connectivity index (χ0v) is 14.6. The number of benzene rings is 1. The Morgan fingerprint density at radius 3 is 2.70 bits per heavy atom. The molecule has 1 aliphatic rings. The van der Waals surface area contributed by atoms with E-state index in [0.29, 0.717) is 31.1 Å². The van der Waals surface area contributed by atoms with E-state index in [1.54, 1.807) is 6.07 Å². The van der Waals surface area contributed by atoms with Gasteiger partial charge in [-0.2, -0.15) is 0 Å². The van der Waals surface area contributed by atoms with Crippen LogP contribution in [0.2, 0.25) is 0 Å². The maximum Gasteiger partial charge on any atom is 0.240 e. The molecule has 0 radical (unpaired) electrons. The van der Waals surface area contributed by atoms with Crippen LogP contribution in [-0.4, -0.2) is 66.9 Å². The van der Waals surface area contributed by atoms with Gasteiger partial charge < -0.3 is 19.1 Å². The second-order valence-corrected chi connectivity index (χ2v) is 7.23. The molecular formula is C15H24N2O5S. The molecule has 0 saturated carbocycles. The summed E-state index contributed by atoms with van der Waals surface area (Å²) in [5.74, 6) is 0.873. The van der Waals surface area contributed by atoms with Crippen LogP contribution in [0.15, 0.2) is 23.1 Å². The van der Waals surface area contributed by atoms with Gasteiger partial charge in [0.05, 0.1) is 31.8 Å². The van der Waals surface area contributed by atoms with Crippen molar-refractivity contribution in [2.24, 2.45) is 0 Å². The monoisotopic (exact) mass is 344 g/mol. The fourth-order valence-electron chi connectivity index (χ4n) is 2.46. The zero-order chi connectivity index (χ0) is 16.9. The van der Waals surface area contributed by atoms with Crippen molar-refractivity contribution in [1.82, 2.24) is 9.62 Å². The summed E-state index contributed by atoms with van der Waals surface area (Å²) in [6.45, 7) is 2.74. The molecule has 1 aromatic carbocycles. The first-order chi connectivity index (χ1) is 11.0. The van der Waals surface area contributed by atoms with Crippen LogP contribution in [0.25, 0.3) is 0 Å². The first kappa shape index (κ1) is 18.0. The number of nitrogens with one attached hydrogen (secondary N) is 1. The van der Waals surface area contributed by atoms with E-state index in [9.17, 15) is 8.42 Å². The molecule has 1 N–H and O–H groups in total. The third-order valence-corrected chi connectivity index (χ3v) is 5.22. The smallest absolute Gasteiger partial charge is 0.240 e. The van der Waals surface area contributed by atoms with Crippen LogP contribution in [0.1, 0.15) is 6.42 Å². The van der Waals surface area contributed by atoms with Gasteiger partial charge in [-0.1, -0.05) is 0 Å². The van der Waals surface area contributed by atoms with Crippen LogP contribution in [0.3, 0.4) is 0 Å². The lowest BCUT2D eigenvalue weighted by Gasteiger charge is -2.30. The maximum absolute atomic E-state index is 12.3. The summed E-state index contributed by atoms with van der Waals surface area (Å²) in [6.07, 6.45) is 0.693. The minimum Gasteiger partial charge on any atom is -0.493 e. The van der Waals surface area contributed by atoms with Crippen LogP contribution < -0.4 is 14.2 Å². The Labute approximate surface area is 137 Å². The Morgan fingerprint density at radius 1 is 1.30 bits per heavy atom. The van der Waals surface area contributed by atoms with Gasteiger partial charge in [0.15, 0.2) is 11.5 Å². The van der Waals surface area contributed by atoms with Crippen molar-refractivity contribution in [1.29, 1.82) is 0 Å². The fraction of sp³-hybridized carbons (Fsp3) is 0.600. The first-order valence-corrected chi connectivity index (χ1v) is 8.96. The number of morpholine rings is 1. The van der Waals surface area contributed by atoms with Crippen LogP contribution in [0, 0.1) is 0 Å². The van der Waals surface area contributed by atoms with E-state index >= 15 is 0 Å². The molecule has 23 heavy (non-hydrogen) atoms. The van der Waals surface area contributed by atoms with Gasteiger partial charge in [-0.15, -0.1) is 0 Å². The van der Waals surface area contributed by atoms with Crippen molar-refractivity contribution in [2.75, 3.05) is 47.5 Å². The number of methoxy groups -OCH3 is 2. The van der Waals surface area contributed by atoms with Gasteiger partial charge in [0.2, 0.25) is 10.0 Å². The summed E-state index contributed by atoms with van der Waals surface area (Å²) in [5, 5.41) is 0. The van der Waals surface area contributed by atoms with Crippen molar-refractivity contribution in [2.45, 2.75) is 17.4 Å². The number of likely N-dealkylation sites (N-methyl/N-ethyl adjacent to an activating group) is 1. The number of sulfonamides is 1. The van der Waals surface area contributed by atoms with Gasteiger partial charge in [-0.25, -0.2) is 13.1 Å². The molecule has 7 nitrogen and oxygen atoms in total. The maximum atomic E-state index is 12.3. The molecule has 1 aliphatic heterocycles. The second kappa shape index (κ2) is 7.96. The molecule has 1 heterocycles. The van der Waals surface area contributed by atoms with Crippen LogP contribution in [0.5, 0.6) is 11.5 Å². The molecular weight excluding hydrogens is 320 g/mol. The highest BCUT2D eigenvalue weighted by atomic mass is 32.2. The van der Waals surface area contributed by atoms with Crippen LogP contribution in [-0.2, 0) is 14.8 Å². The lowest BCUT2D eigenvalue weighted by molar-refractivity contribution is -0.0222. The molecule has 1 fully saturated rings. The summed E-state index contributed by atoms with van der Waals surface area (Å²) in [5.41, 5.74) is 0. The largest absolute Gasteiger partial charge is 0.493 e. The van der Waals surface area contributed by atoms with E-state index in [2.05, 4.69) is 9.62 Å². The minimum absolute atomic E-state index is 0.0573. The third-order valence-electron chi connectivity index (χ3n) is 3.77. The Kier molecular flexibility index (Phi) is 6.23. The molecule has 0 spiro atoms. The number of hydrogen-bond donors (Lipinski definition) is 1. The number of ether oxygens (including phenoxy) is 3. The molecule has 2 rings (SSSR count). The summed E-state index contributed by atoms with van der Waals surface area (Å²) >= 11 is 0. The van der Waals surface area contributed by atoms with Gasteiger partial charge in [0.1, 0.15) is 0 Å². The molecule has 0 amide bonds. The third kappa shape index (κ3) is 4.81. The van der Waals surface area contributed by atoms with E-state index < -0.39 is 10.0 Å². The van der Waals surface area contributed by atoms with E-state index in [1.807, 2.05) is 7.05 Å². The Hall–Kier alpha value is -1.35. The molecule has 130 valence electrons. The predicted octanol–water partition coefficient (Wildman–Crippen LogP) is 0.703. The summed E-state index contributed by atoms with van der Waals surface area (Å²) < 4.78 is 43.2. The highest BCUT2D eigenvalue weighted by molar-refractivity contribution is 7.89. The molecule has 0 aliphatic carbocycles. The quantitative estimate of drug-likeness (QED) is 0.785.